The van der Waals surface area contributed by atoms with Crippen LogP contribution in [0.1, 0.15) is 39.0 Å². The molecule has 3 rings (SSSR count). The molecule has 3 heteroatoms. The molecular formula is C13H21NO2. The zero-order chi connectivity index (χ0) is 11.3. The number of carbonyl (C=O) groups excluding carboxylic acids is 1. The molecule has 4 unspecified atom stereocenters. The van der Waals surface area contributed by atoms with Gasteiger partial charge in [0.25, 0.3) is 0 Å². The van der Waals surface area contributed by atoms with Crippen molar-refractivity contribution >= 4 is 5.91 Å². The average Bonchev–Trinajstić information content (AvgIpc) is 2.91. The predicted molar refractivity (Wildman–Crippen MR) is 60.7 cm³/mol. The zero-order valence-corrected chi connectivity index (χ0v) is 9.91. The summed E-state index contributed by atoms with van der Waals surface area (Å²) in [6.45, 7) is 2.38. The van der Waals surface area contributed by atoms with E-state index >= 15 is 0 Å². The van der Waals surface area contributed by atoms with Crippen molar-refractivity contribution in [3.05, 3.63) is 0 Å². The third kappa shape index (κ3) is 1.56. The Labute approximate surface area is 96.6 Å². The molecule has 0 spiro atoms. The SMILES string of the molecule is CC1(C(=O)NC2CC3CC(CO)CC32)CC1. The predicted octanol–water partition coefficient (Wildman–Crippen LogP) is 1.31. The molecule has 3 saturated carbocycles. The molecule has 1 amide bonds. The van der Waals surface area contributed by atoms with Crippen LogP contribution in [-0.2, 0) is 4.79 Å². The lowest BCUT2D eigenvalue weighted by Gasteiger charge is -2.41. The highest BCUT2D eigenvalue weighted by Gasteiger charge is 2.51. The normalized spacial score (nSPS) is 43.4. The van der Waals surface area contributed by atoms with E-state index in [-0.39, 0.29) is 11.3 Å². The van der Waals surface area contributed by atoms with E-state index in [0.717, 1.165) is 31.6 Å². The van der Waals surface area contributed by atoms with E-state index in [4.69, 9.17) is 5.11 Å². The van der Waals surface area contributed by atoms with Gasteiger partial charge >= 0.3 is 0 Å². The Hall–Kier alpha value is -0.570. The maximum Gasteiger partial charge on any atom is 0.226 e. The average molecular weight is 223 g/mol. The van der Waals surface area contributed by atoms with Gasteiger partial charge in [0.05, 0.1) is 0 Å². The van der Waals surface area contributed by atoms with Gasteiger partial charge < -0.3 is 10.4 Å². The number of hydrogen-bond acceptors (Lipinski definition) is 2. The van der Waals surface area contributed by atoms with Crippen molar-refractivity contribution in [1.82, 2.24) is 5.32 Å². The number of fused-ring (bicyclic) bond motifs is 1. The van der Waals surface area contributed by atoms with Gasteiger partial charge in [-0.3, -0.25) is 4.79 Å². The highest BCUT2D eigenvalue weighted by molar-refractivity contribution is 5.85. The summed E-state index contributed by atoms with van der Waals surface area (Å²) in [5, 5.41) is 12.4. The van der Waals surface area contributed by atoms with Gasteiger partial charge in [0.15, 0.2) is 0 Å². The van der Waals surface area contributed by atoms with Crippen LogP contribution in [-0.4, -0.2) is 23.7 Å². The standard InChI is InChI=1S/C13H21NO2/c1-13(2-3-13)12(16)14-11-6-9-4-8(7-15)5-10(9)11/h8-11,15H,2-7H2,1H3,(H,14,16). The Kier molecular flexibility index (Phi) is 2.29. The number of amides is 1. The minimum atomic E-state index is -0.0416. The van der Waals surface area contributed by atoms with Crippen LogP contribution in [0.3, 0.4) is 0 Å². The van der Waals surface area contributed by atoms with Gasteiger partial charge in [0.1, 0.15) is 0 Å². The van der Waals surface area contributed by atoms with Crippen LogP contribution in [0.4, 0.5) is 0 Å². The molecule has 2 N–H and O–H groups in total. The van der Waals surface area contributed by atoms with Crippen LogP contribution in [0, 0.1) is 23.2 Å². The van der Waals surface area contributed by atoms with E-state index in [1.807, 2.05) is 0 Å². The second-order valence-electron chi connectivity index (χ2n) is 6.32. The van der Waals surface area contributed by atoms with E-state index in [1.165, 1.54) is 6.42 Å². The van der Waals surface area contributed by atoms with Crippen molar-refractivity contribution in [2.45, 2.75) is 45.1 Å². The van der Waals surface area contributed by atoms with Gasteiger partial charge in [-0.25, -0.2) is 0 Å². The Balaban J connectivity index is 1.53. The number of hydrogen-bond donors (Lipinski definition) is 2. The Morgan fingerprint density at radius 2 is 2.12 bits per heavy atom. The van der Waals surface area contributed by atoms with Crippen molar-refractivity contribution in [2.75, 3.05) is 6.61 Å². The second-order valence-corrected chi connectivity index (χ2v) is 6.32. The third-order valence-corrected chi connectivity index (χ3v) is 5.04. The molecule has 16 heavy (non-hydrogen) atoms. The van der Waals surface area contributed by atoms with Gasteiger partial charge in [0, 0.05) is 18.1 Å². The van der Waals surface area contributed by atoms with Gasteiger partial charge in [-0.05, 0) is 49.9 Å². The second kappa shape index (κ2) is 3.46. The third-order valence-electron chi connectivity index (χ3n) is 5.04. The molecule has 3 nitrogen and oxygen atoms in total. The van der Waals surface area contributed by atoms with E-state index in [2.05, 4.69) is 12.2 Å². The lowest BCUT2D eigenvalue weighted by Crippen LogP contribution is -2.51. The maximum atomic E-state index is 11.9. The number of nitrogens with one attached hydrogen (secondary N) is 1. The van der Waals surface area contributed by atoms with Crippen LogP contribution in [0.25, 0.3) is 0 Å². The molecular weight excluding hydrogens is 202 g/mol. The summed E-state index contributed by atoms with van der Waals surface area (Å²) >= 11 is 0. The molecule has 0 saturated heterocycles. The van der Waals surface area contributed by atoms with E-state index in [0.29, 0.717) is 24.5 Å². The summed E-state index contributed by atoms with van der Waals surface area (Å²) in [5.41, 5.74) is -0.0416. The summed E-state index contributed by atoms with van der Waals surface area (Å²) in [6.07, 6.45) is 5.54. The quantitative estimate of drug-likeness (QED) is 0.758. The lowest BCUT2D eigenvalue weighted by atomic mass is 9.71. The molecule has 0 aromatic heterocycles. The summed E-state index contributed by atoms with van der Waals surface area (Å²) in [7, 11) is 0. The van der Waals surface area contributed by atoms with Crippen LogP contribution >= 0.6 is 0 Å². The molecule has 0 aromatic carbocycles. The van der Waals surface area contributed by atoms with Gasteiger partial charge in [-0.2, -0.15) is 0 Å². The molecule has 3 fully saturated rings. The first kappa shape index (κ1) is 10.6. The number of rotatable bonds is 3. The van der Waals surface area contributed by atoms with E-state index < -0.39 is 0 Å². The number of carbonyl (C=O) groups is 1. The first-order chi connectivity index (χ1) is 7.62. The maximum absolute atomic E-state index is 11.9. The molecule has 3 aliphatic rings. The van der Waals surface area contributed by atoms with Gasteiger partial charge in [-0.1, -0.05) is 6.92 Å². The van der Waals surface area contributed by atoms with E-state index in [9.17, 15) is 4.79 Å². The molecule has 3 aliphatic carbocycles. The summed E-state index contributed by atoms with van der Waals surface area (Å²) in [6, 6.07) is 0.409. The highest BCUT2D eigenvalue weighted by Crippen LogP contribution is 2.51. The van der Waals surface area contributed by atoms with Crippen molar-refractivity contribution in [2.24, 2.45) is 23.2 Å². The minimum absolute atomic E-state index is 0.0416. The monoisotopic (exact) mass is 223 g/mol. The van der Waals surface area contributed by atoms with Crippen molar-refractivity contribution in [3.8, 4) is 0 Å². The lowest BCUT2D eigenvalue weighted by molar-refractivity contribution is -0.128. The fraction of sp³-hybridized carbons (Fsp3) is 0.923. The fourth-order valence-electron chi connectivity index (χ4n) is 3.42. The summed E-state index contributed by atoms with van der Waals surface area (Å²) in [5.74, 6) is 2.19. The largest absolute Gasteiger partial charge is 0.396 e. The molecule has 90 valence electrons. The zero-order valence-electron chi connectivity index (χ0n) is 9.91. The number of aliphatic hydroxyl groups is 1. The van der Waals surface area contributed by atoms with Crippen LogP contribution in [0.5, 0.6) is 0 Å². The van der Waals surface area contributed by atoms with Gasteiger partial charge in [-0.15, -0.1) is 0 Å². The van der Waals surface area contributed by atoms with E-state index in [1.54, 1.807) is 0 Å². The first-order valence-corrected chi connectivity index (χ1v) is 6.54. The molecule has 0 bridgehead atoms. The summed E-state index contributed by atoms with van der Waals surface area (Å²) < 4.78 is 0. The molecule has 0 radical (unpaired) electrons. The summed E-state index contributed by atoms with van der Waals surface area (Å²) in [4.78, 5) is 11.9. The topological polar surface area (TPSA) is 49.3 Å². The smallest absolute Gasteiger partial charge is 0.226 e. The molecule has 0 aromatic rings. The Morgan fingerprint density at radius 1 is 1.38 bits per heavy atom. The van der Waals surface area contributed by atoms with Crippen LogP contribution in [0.15, 0.2) is 0 Å². The van der Waals surface area contributed by atoms with Crippen LogP contribution < -0.4 is 5.32 Å². The molecule has 4 atom stereocenters. The number of aliphatic hydroxyl groups excluding tert-OH is 1. The fourth-order valence-corrected chi connectivity index (χ4v) is 3.42. The van der Waals surface area contributed by atoms with Gasteiger partial charge in [0.2, 0.25) is 5.91 Å². The first-order valence-electron chi connectivity index (χ1n) is 6.54. The van der Waals surface area contributed by atoms with Crippen molar-refractivity contribution in [1.29, 1.82) is 0 Å². The van der Waals surface area contributed by atoms with Crippen molar-refractivity contribution in [3.63, 3.8) is 0 Å². The van der Waals surface area contributed by atoms with Crippen molar-refractivity contribution < 1.29 is 9.90 Å². The Morgan fingerprint density at radius 3 is 2.75 bits per heavy atom. The molecule has 0 aliphatic heterocycles. The highest BCUT2D eigenvalue weighted by atomic mass is 16.3. The molecule has 0 heterocycles. The van der Waals surface area contributed by atoms with Crippen LogP contribution in [0.2, 0.25) is 0 Å². The Bertz CT molecular complexity index is 311. The minimum Gasteiger partial charge on any atom is -0.396 e.